The quantitative estimate of drug-likeness (QED) is 0.917. The number of hydrogen-bond acceptors (Lipinski definition) is 3. The van der Waals surface area contributed by atoms with Crippen molar-refractivity contribution in [3.63, 3.8) is 0 Å². The highest BCUT2D eigenvalue weighted by Crippen LogP contribution is 2.52. The number of carbonyl (C=O) groups is 1. The van der Waals surface area contributed by atoms with Gasteiger partial charge < -0.3 is 15.2 Å². The first-order valence-corrected chi connectivity index (χ1v) is 5.86. The number of amides is 1. The largest absolute Gasteiger partial charge is 0.496 e. The molecule has 1 fully saturated rings. The second-order valence-electron chi connectivity index (χ2n) is 4.21. The Morgan fingerprint density at radius 3 is 2.94 bits per heavy atom. The number of carbonyl (C=O) groups excluding carboxylic acids is 1. The molecule has 0 aromatic heterocycles. The van der Waals surface area contributed by atoms with Crippen LogP contribution >= 0.6 is 11.6 Å². The summed E-state index contributed by atoms with van der Waals surface area (Å²) in [6, 6.07) is 3.08. The lowest BCUT2D eigenvalue weighted by Crippen LogP contribution is -2.14. The fraction of sp³-hybridized carbons (Fsp3) is 0.417. The maximum atomic E-state index is 14.0. The topological polar surface area (TPSA) is 61.6 Å². The zero-order chi connectivity index (χ0) is 13.3. The number of benzene rings is 1. The smallest absolute Gasteiger partial charge is 0.404 e. The molecule has 0 radical (unpaired) electrons. The van der Waals surface area contributed by atoms with Crippen LogP contribution in [-0.4, -0.2) is 19.8 Å². The summed E-state index contributed by atoms with van der Waals surface area (Å²) in [7, 11) is 1.48. The lowest BCUT2D eigenvalue weighted by atomic mass is 10.1. The van der Waals surface area contributed by atoms with Crippen molar-refractivity contribution in [2.45, 2.75) is 12.3 Å². The molecule has 0 saturated heterocycles. The van der Waals surface area contributed by atoms with E-state index in [1.54, 1.807) is 6.07 Å². The summed E-state index contributed by atoms with van der Waals surface area (Å²) < 4.78 is 23.8. The normalized spacial score (nSPS) is 21.5. The molecule has 0 aliphatic heterocycles. The highest BCUT2D eigenvalue weighted by atomic mass is 35.5. The van der Waals surface area contributed by atoms with Crippen molar-refractivity contribution < 1.29 is 18.7 Å². The van der Waals surface area contributed by atoms with Crippen LogP contribution in [0.15, 0.2) is 12.1 Å². The molecule has 2 rings (SSSR count). The lowest BCUT2D eigenvalue weighted by Gasteiger charge is -2.10. The predicted octanol–water partition coefficient (Wildman–Crippen LogP) is 2.69. The summed E-state index contributed by atoms with van der Waals surface area (Å²) in [4.78, 5) is 10.5. The van der Waals surface area contributed by atoms with Crippen molar-refractivity contribution in [3.05, 3.63) is 28.5 Å². The minimum Gasteiger partial charge on any atom is -0.496 e. The Kier molecular flexibility index (Phi) is 3.61. The Morgan fingerprint density at radius 2 is 2.33 bits per heavy atom. The molecule has 2 N–H and O–H groups in total. The molecule has 1 saturated carbocycles. The van der Waals surface area contributed by atoms with Gasteiger partial charge in [-0.3, -0.25) is 0 Å². The maximum Gasteiger partial charge on any atom is 0.404 e. The maximum absolute atomic E-state index is 14.0. The number of rotatable bonds is 4. The Hall–Kier alpha value is -1.49. The molecule has 98 valence electrons. The molecule has 1 aromatic carbocycles. The van der Waals surface area contributed by atoms with Crippen LogP contribution in [0.1, 0.15) is 17.9 Å². The number of nitrogens with two attached hydrogens (primary N) is 1. The Balaban J connectivity index is 2.15. The fourth-order valence-electron chi connectivity index (χ4n) is 2.05. The summed E-state index contributed by atoms with van der Waals surface area (Å²) >= 11 is 5.75. The highest BCUT2D eigenvalue weighted by Gasteiger charge is 2.43. The van der Waals surface area contributed by atoms with E-state index in [0.29, 0.717) is 11.3 Å². The van der Waals surface area contributed by atoms with Crippen LogP contribution in [0.3, 0.4) is 0 Å². The fourth-order valence-corrected chi connectivity index (χ4v) is 2.21. The molecule has 18 heavy (non-hydrogen) atoms. The molecule has 1 aliphatic carbocycles. The minimum absolute atomic E-state index is 0.0435. The van der Waals surface area contributed by atoms with E-state index in [9.17, 15) is 9.18 Å². The summed E-state index contributed by atoms with van der Waals surface area (Å²) in [5, 5.41) is 0.0623. The van der Waals surface area contributed by atoms with Gasteiger partial charge in [-0.05, 0) is 24.5 Å². The average molecular weight is 274 g/mol. The molecule has 1 aliphatic rings. The molecular weight excluding hydrogens is 261 g/mol. The molecule has 1 amide bonds. The van der Waals surface area contributed by atoms with E-state index in [2.05, 4.69) is 0 Å². The van der Waals surface area contributed by atoms with E-state index in [4.69, 9.17) is 26.8 Å². The molecule has 2 unspecified atom stereocenters. The van der Waals surface area contributed by atoms with Gasteiger partial charge in [0.15, 0.2) is 0 Å². The number of ether oxygens (including phenoxy) is 2. The van der Waals surface area contributed by atoms with Crippen molar-refractivity contribution >= 4 is 17.7 Å². The zero-order valence-corrected chi connectivity index (χ0v) is 10.5. The average Bonchev–Trinajstić information content (AvgIpc) is 3.09. The van der Waals surface area contributed by atoms with Gasteiger partial charge in [0.25, 0.3) is 0 Å². The highest BCUT2D eigenvalue weighted by molar-refractivity contribution is 6.30. The second-order valence-corrected chi connectivity index (χ2v) is 4.62. The Labute approximate surface area is 109 Å². The van der Waals surface area contributed by atoms with Crippen LogP contribution < -0.4 is 10.5 Å². The number of hydrogen-bond donors (Lipinski definition) is 1. The van der Waals surface area contributed by atoms with Crippen LogP contribution in [0.5, 0.6) is 5.75 Å². The summed E-state index contributed by atoms with van der Waals surface area (Å²) in [6.45, 7) is 0.190. The van der Waals surface area contributed by atoms with Crippen LogP contribution in [0.4, 0.5) is 9.18 Å². The zero-order valence-electron chi connectivity index (χ0n) is 9.78. The van der Waals surface area contributed by atoms with Crippen molar-refractivity contribution in [3.8, 4) is 5.75 Å². The SMILES string of the molecule is COc1ccc(Cl)c(F)c1C1CC1COC(N)=O. The molecule has 6 heteroatoms. The number of primary amides is 1. The van der Waals surface area contributed by atoms with E-state index in [-0.39, 0.29) is 23.5 Å². The minimum atomic E-state index is -0.820. The van der Waals surface area contributed by atoms with Crippen LogP contribution in [0, 0.1) is 11.7 Å². The van der Waals surface area contributed by atoms with Gasteiger partial charge in [0.05, 0.1) is 18.7 Å². The number of methoxy groups -OCH3 is 1. The van der Waals surface area contributed by atoms with Crippen LogP contribution in [0.25, 0.3) is 0 Å². The number of halogens is 2. The third kappa shape index (κ3) is 2.51. The first-order chi connectivity index (χ1) is 8.54. The van der Waals surface area contributed by atoms with E-state index < -0.39 is 11.9 Å². The third-order valence-electron chi connectivity index (χ3n) is 3.05. The predicted molar refractivity (Wildman–Crippen MR) is 64.3 cm³/mol. The van der Waals surface area contributed by atoms with Gasteiger partial charge in [-0.25, -0.2) is 9.18 Å². The lowest BCUT2D eigenvalue weighted by molar-refractivity contribution is 0.150. The van der Waals surface area contributed by atoms with Crippen molar-refractivity contribution in [2.75, 3.05) is 13.7 Å². The first-order valence-electron chi connectivity index (χ1n) is 5.48. The monoisotopic (exact) mass is 273 g/mol. The molecule has 0 spiro atoms. The van der Waals surface area contributed by atoms with Crippen molar-refractivity contribution in [2.24, 2.45) is 11.7 Å². The molecule has 0 bridgehead atoms. The van der Waals surface area contributed by atoms with Gasteiger partial charge in [-0.15, -0.1) is 0 Å². The Morgan fingerprint density at radius 1 is 1.61 bits per heavy atom. The molecule has 4 nitrogen and oxygen atoms in total. The summed E-state index contributed by atoms with van der Waals surface area (Å²) in [6.07, 6.45) is -0.0971. The van der Waals surface area contributed by atoms with Gasteiger partial charge in [0, 0.05) is 11.5 Å². The van der Waals surface area contributed by atoms with Crippen LogP contribution in [0.2, 0.25) is 5.02 Å². The molecule has 1 aromatic rings. The van der Waals surface area contributed by atoms with Gasteiger partial charge in [-0.1, -0.05) is 11.6 Å². The van der Waals surface area contributed by atoms with Crippen molar-refractivity contribution in [1.82, 2.24) is 0 Å². The van der Waals surface area contributed by atoms with E-state index in [0.717, 1.165) is 6.42 Å². The van der Waals surface area contributed by atoms with E-state index in [1.807, 2.05) is 0 Å². The first kappa shape index (κ1) is 13.0. The third-order valence-corrected chi connectivity index (χ3v) is 3.34. The Bertz CT molecular complexity index is 481. The molecular formula is C12H13ClFNO3. The van der Waals surface area contributed by atoms with Gasteiger partial charge >= 0.3 is 6.09 Å². The summed E-state index contributed by atoms with van der Waals surface area (Å²) in [5.74, 6) is 0.0171. The van der Waals surface area contributed by atoms with Gasteiger partial charge in [-0.2, -0.15) is 0 Å². The standard InChI is InChI=1S/C12H13ClFNO3/c1-17-9-3-2-8(13)11(14)10(9)7-4-6(7)5-18-12(15)16/h2-3,6-7H,4-5H2,1H3,(H2,15,16). The van der Waals surface area contributed by atoms with E-state index >= 15 is 0 Å². The molecule has 0 heterocycles. The van der Waals surface area contributed by atoms with Crippen LogP contribution in [-0.2, 0) is 4.74 Å². The van der Waals surface area contributed by atoms with Gasteiger partial charge in [0.1, 0.15) is 11.6 Å². The molecule has 2 atom stereocenters. The van der Waals surface area contributed by atoms with Gasteiger partial charge in [0.2, 0.25) is 0 Å². The van der Waals surface area contributed by atoms with E-state index in [1.165, 1.54) is 13.2 Å². The van der Waals surface area contributed by atoms with Crippen molar-refractivity contribution in [1.29, 1.82) is 0 Å². The second kappa shape index (κ2) is 5.02. The summed E-state index contributed by atoms with van der Waals surface area (Å²) in [5.41, 5.74) is 5.33.